The highest BCUT2D eigenvalue weighted by molar-refractivity contribution is 4.95. The Kier molecular flexibility index (Phi) is 3.91. The fourth-order valence-corrected chi connectivity index (χ4v) is 3.51. The Morgan fingerprint density at radius 3 is 2.56 bits per heavy atom. The van der Waals surface area contributed by atoms with Gasteiger partial charge in [-0.25, -0.2) is 0 Å². The first-order valence-electron chi connectivity index (χ1n) is 7.10. The van der Waals surface area contributed by atoms with Gasteiger partial charge < -0.3 is 5.32 Å². The van der Waals surface area contributed by atoms with E-state index in [0.717, 1.165) is 18.6 Å². The monoisotopic (exact) mass is 224 g/mol. The second kappa shape index (κ2) is 5.05. The second-order valence-electron chi connectivity index (χ2n) is 6.38. The van der Waals surface area contributed by atoms with Crippen LogP contribution in [0.5, 0.6) is 0 Å². The Hall–Kier alpha value is -0.0800. The number of hydrogen-bond donors (Lipinski definition) is 1. The lowest BCUT2D eigenvalue weighted by Gasteiger charge is -2.45. The Morgan fingerprint density at radius 2 is 1.94 bits per heavy atom. The van der Waals surface area contributed by atoms with Gasteiger partial charge in [-0.05, 0) is 57.2 Å². The Morgan fingerprint density at radius 1 is 1.25 bits per heavy atom. The zero-order valence-corrected chi connectivity index (χ0v) is 11.3. The van der Waals surface area contributed by atoms with E-state index in [0.29, 0.717) is 5.41 Å². The van der Waals surface area contributed by atoms with Crippen molar-refractivity contribution in [2.75, 3.05) is 19.6 Å². The minimum atomic E-state index is 0.555. The topological polar surface area (TPSA) is 15.3 Å². The third-order valence-corrected chi connectivity index (χ3v) is 4.43. The Balaban J connectivity index is 2.01. The van der Waals surface area contributed by atoms with Crippen LogP contribution in [-0.4, -0.2) is 36.6 Å². The molecule has 16 heavy (non-hydrogen) atoms. The SMILES string of the molecule is CCNC1CCC(C)(C)CC1N1CCCC1. The average molecular weight is 224 g/mol. The summed E-state index contributed by atoms with van der Waals surface area (Å²) in [6.45, 7) is 10.9. The van der Waals surface area contributed by atoms with Crippen molar-refractivity contribution in [3.05, 3.63) is 0 Å². The molecule has 1 N–H and O–H groups in total. The second-order valence-corrected chi connectivity index (χ2v) is 6.38. The molecule has 0 spiro atoms. The molecule has 0 radical (unpaired) electrons. The van der Waals surface area contributed by atoms with Gasteiger partial charge in [0.05, 0.1) is 0 Å². The first kappa shape index (κ1) is 12.4. The number of likely N-dealkylation sites (tertiary alicyclic amines) is 1. The predicted octanol–water partition coefficient (Wildman–Crippen LogP) is 2.64. The van der Waals surface area contributed by atoms with Crippen LogP contribution in [0, 0.1) is 5.41 Å². The summed E-state index contributed by atoms with van der Waals surface area (Å²) in [4.78, 5) is 2.74. The van der Waals surface area contributed by atoms with Crippen molar-refractivity contribution in [1.82, 2.24) is 10.2 Å². The van der Waals surface area contributed by atoms with Gasteiger partial charge >= 0.3 is 0 Å². The number of nitrogens with zero attached hydrogens (tertiary/aromatic N) is 1. The Labute approximate surface area is 101 Å². The molecule has 2 heteroatoms. The molecular formula is C14H28N2. The van der Waals surface area contributed by atoms with Gasteiger partial charge in [0.2, 0.25) is 0 Å². The van der Waals surface area contributed by atoms with Gasteiger partial charge in [-0.2, -0.15) is 0 Å². The molecule has 2 aliphatic rings. The maximum atomic E-state index is 3.71. The van der Waals surface area contributed by atoms with Gasteiger partial charge in [0.15, 0.2) is 0 Å². The van der Waals surface area contributed by atoms with Gasteiger partial charge in [-0.1, -0.05) is 20.8 Å². The van der Waals surface area contributed by atoms with Gasteiger partial charge in [-0.15, -0.1) is 0 Å². The minimum Gasteiger partial charge on any atom is -0.313 e. The van der Waals surface area contributed by atoms with Crippen LogP contribution in [0.25, 0.3) is 0 Å². The number of rotatable bonds is 3. The zero-order valence-electron chi connectivity index (χ0n) is 11.3. The van der Waals surface area contributed by atoms with Crippen LogP contribution in [0.15, 0.2) is 0 Å². The third kappa shape index (κ3) is 2.78. The highest BCUT2D eigenvalue weighted by atomic mass is 15.2. The molecule has 0 amide bonds. The lowest BCUT2D eigenvalue weighted by atomic mass is 9.72. The van der Waals surface area contributed by atoms with Crippen molar-refractivity contribution in [2.24, 2.45) is 5.41 Å². The van der Waals surface area contributed by atoms with Crippen LogP contribution in [-0.2, 0) is 0 Å². The van der Waals surface area contributed by atoms with Crippen LogP contribution < -0.4 is 5.32 Å². The first-order valence-corrected chi connectivity index (χ1v) is 7.10. The van der Waals surface area contributed by atoms with Crippen molar-refractivity contribution in [2.45, 2.75) is 65.0 Å². The fraction of sp³-hybridized carbons (Fsp3) is 1.00. The van der Waals surface area contributed by atoms with Crippen molar-refractivity contribution < 1.29 is 0 Å². The molecule has 1 aliphatic heterocycles. The van der Waals surface area contributed by atoms with E-state index in [1.807, 2.05) is 0 Å². The van der Waals surface area contributed by atoms with E-state index in [-0.39, 0.29) is 0 Å². The highest BCUT2D eigenvalue weighted by Gasteiger charge is 2.38. The molecule has 0 bridgehead atoms. The van der Waals surface area contributed by atoms with Gasteiger partial charge in [0.1, 0.15) is 0 Å². The van der Waals surface area contributed by atoms with E-state index >= 15 is 0 Å². The summed E-state index contributed by atoms with van der Waals surface area (Å²) in [7, 11) is 0. The van der Waals surface area contributed by atoms with Crippen molar-refractivity contribution in [3.63, 3.8) is 0 Å². The molecule has 0 aromatic rings. The molecule has 1 saturated heterocycles. The summed E-state index contributed by atoms with van der Waals surface area (Å²) in [5.74, 6) is 0. The van der Waals surface area contributed by atoms with Crippen LogP contribution in [0.4, 0.5) is 0 Å². The molecule has 1 aliphatic carbocycles. The molecule has 2 nitrogen and oxygen atoms in total. The maximum Gasteiger partial charge on any atom is 0.0254 e. The largest absolute Gasteiger partial charge is 0.313 e. The van der Waals surface area contributed by atoms with Crippen LogP contribution in [0.2, 0.25) is 0 Å². The lowest BCUT2D eigenvalue weighted by Crippen LogP contribution is -2.53. The molecule has 2 rings (SSSR count). The summed E-state index contributed by atoms with van der Waals surface area (Å²) in [5.41, 5.74) is 0.555. The fourth-order valence-electron chi connectivity index (χ4n) is 3.51. The number of nitrogens with one attached hydrogen (secondary N) is 1. The highest BCUT2D eigenvalue weighted by Crippen LogP contribution is 2.38. The first-order chi connectivity index (χ1) is 7.62. The molecule has 0 aromatic heterocycles. The van der Waals surface area contributed by atoms with Crippen molar-refractivity contribution in [1.29, 1.82) is 0 Å². The molecule has 1 saturated carbocycles. The molecule has 2 atom stereocenters. The molecular weight excluding hydrogens is 196 g/mol. The van der Waals surface area contributed by atoms with Crippen molar-refractivity contribution in [3.8, 4) is 0 Å². The number of hydrogen-bond acceptors (Lipinski definition) is 2. The van der Waals surface area contributed by atoms with E-state index in [2.05, 4.69) is 31.0 Å². The molecule has 1 heterocycles. The standard InChI is InChI=1S/C14H28N2/c1-4-15-12-7-8-14(2,3)11-13(12)16-9-5-6-10-16/h12-13,15H,4-11H2,1-3H3. The zero-order chi connectivity index (χ0) is 11.6. The summed E-state index contributed by atoms with van der Waals surface area (Å²) in [6.07, 6.45) is 6.95. The van der Waals surface area contributed by atoms with E-state index in [4.69, 9.17) is 0 Å². The van der Waals surface area contributed by atoms with E-state index in [9.17, 15) is 0 Å². The van der Waals surface area contributed by atoms with E-state index in [1.54, 1.807) is 0 Å². The average Bonchev–Trinajstić information content (AvgIpc) is 2.74. The van der Waals surface area contributed by atoms with Crippen LogP contribution in [0.3, 0.4) is 0 Å². The molecule has 2 fully saturated rings. The van der Waals surface area contributed by atoms with Gasteiger partial charge in [0.25, 0.3) is 0 Å². The molecule has 2 unspecified atom stereocenters. The van der Waals surface area contributed by atoms with E-state index < -0.39 is 0 Å². The van der Waals surface area contributed by atoms with Gasteiger partial charge in [0, 0.05) is 12.1 Å². The number of likely N-dealkylation sites (N-methyl/N-ethyl adjacent to an activating group) is 1. The summed E-state index contributed by atoms with van der Waals surface area (Å²) in [6, 6.07) is 1.54. The summed E-state index contributed by atoms with van der Waals surface area (Å²) < 4.78 is 0. The maximum absolute atomic E-state index is 3.71. The predicted molar refractivity (Wildman–Crippen MR) is 69.7 cm³/mol. The molecule has 0 aromatic carbocycles. The van der Waals surface area contributed by atoms with Crippen molar-refractivity contribution >= 4 is 0 Å². The summed E-state index contributed by atoms with van der Waals surface area (Å²) in [5, 5.41) is 3.71. The van der Waals surface area contributed by atoms with E-state index in [1.165, 1.54) is 45.2 Å². The molecule has 94 valence electrons. The minimum absolute atomic E-state index is 0.555. The third-order valence-electron chi connectivity index (χ3n) is 4.43. The summed E-state index contributed by atoms with van der Waals surface area (Å²) >= 11 is 0. The smallest absolute Gasteiger partial charge is 0.0254 e. The van der Waals surface area contributed by atoms with Crippen LogP contribution >= 0.6 is 0 Å². The normalized spacial score (nSPS) is 35.4. The van der Waals surface area contributed by atoms with Gasteiger partial charge in [-0.3, -0.25) is 4.90 Å². The van der Waals surface area contributed by atoms with Crippen LogP contribution in [0.1, 0.15) is 52.9 Å². The quantitative estimate of drug-likeness (QED) is 0.793. The lowest BCUT2D eigenvalue weighted by molar-refractivity contribution is 0.0814. The Bertz CT molecular complexity index is 219.